The van der Waals surface area contributed by atoms with Gasteiger partial charge in [0, 0.05) is 11.3 Å². The number of amides is 1. The van der Waals surface area contributed by atoms with Crippen LogP contribution in [0.1, 0.15) is 27.4 Å². The molecule has 0 aliphatic heterocycles. The average molecular weight is 270 g/mol. The first kappa shape index (κ1) is 13.8. The highest BCUT2D eigenvalue weighted by atomic mass is 16.5. The number of carbonyl (C=O) groups is 1. The van der Waals surface area contributed by atoms with Crippen LogP contribution in [0.25, 0.3) is 0 Å². The van der Waals surface area contributed by atoms with E-state index in [4.69, 9.17) is 9.63 Å². The van der Waals surface area contributed by atoms with Crippen molar-refractivity contribution in [1.29, 1.82) is 0 Å². The minimum Gasteiger partial charge on any atom is -0.384 e. The number of aromatic nitrogens is 1. The smallest absolute Gasteiger partial charge is 0.261 e. The summed E-state index contributed by atoms with van der Waals surface area (Å²) in [6.45, 7) is 3.24. The third kappa shape index (κ3) is 3.05. The van der Waals surface area contributed by atoms with Gasteiger partial charge in [-0.3, -0.25) is 4.79 Å². The minimum atomic E-state index is -0.254. The molecular weight excluding hydrogens is 256 g/mol. The highest BCUT2D eigenvalue weighted by molar-refractivity contribution is 6.05. The number of anilines is 1. The fourth-order valence-electron chi connectivity index (χ4n) is 1.78. The molecule has 5 nitrogen and oxygen atoms in total. The van der Waals surface area contributed by atoms with Crippen LogP contribution < -0.4 is 5.32 Å². The summed E-state index contributed by atoms with van der Waals surface area (Å²) in [7, 11) is 0. The zero-order chi connectivity index (χ0) is 14.5. The number of nitrogens with zero attached hydrogens (tertiary/aromatic N) is 1. The first-order chi connectivity index (χ1) is 9.61. The number of aliphatic hydroxyl groups excluding tert-OH is 1. The van der Waals surface area contributed by atoms with Gasteiger partial charge in [0.25, 0.3) is 5.91 Å². The Morgan fingerprint density at radius 3 is 2.60 bits per heavy atom. The average Bonchev–Trinajstić information content (AvgIpc) is 2.77. The fraction of sp³-hybridized carbons (Fsp3) is 0.200. The van der Waals surface area contributed by atoms with Crippen LogP contribution in [0, 0.1) is 25.7 Å². The lowest BCUT2D eigenvalue weighted by atomic mass is 10.1. The maximum atomic E-state index is 12.1. The highest BCUT2D eigenvalue weighted by Crippen LogP contribution is 2.15. The molecule has 0 atom stereocenters. The summed E-state index contributed by atoms with van der Waals surface area (Å²) in [6.07, 6.45) is 0. The summed E-state index contributed by atoms with van der Waals surface area (Å²) in [5.41, 5.74) is 2.44. The number of hydrogen-bond donors (Lipinski definition) is 2. The number of nitrogens with one attached hydrogen (secondary N) is 1. The third-order valence-electron chi connectivity index (χ3n) is 2.71. The van der Waals surface area contributed by atoms with E-state index in [0.717, 1.165) is 5.56 Å². The number of hydrogen-bond acceptors (Lipinski definition) is 4. The molecular formula is C15H14N2O3. The van der Waals surface area contributed by atoms with Crippen LogP contribution in [0.2, 0.25) is 0 Å². The van der Waals surface area contributed by atoms with E-state index in [9.17, 15) is 4.79 Å². The summed E-state index contributed by atoms with van der Waals surface area (Å²) < 4.78 is 4.96. The first-order valence-electron chi connectivity index (χ1n) is 6.06. The molecule has 0 unspecified atom stereocenters. The van der Waals surface area contributed by atoms with Gasteiger partial charge >= 0.3 is 0 Å². The van der Waals surface area contributed by atoms with E-state index in [0.29, 0.717) is 22.7 Å². The molecule has 0 radical (unpaired) electrons. The van der Waals surface area contributed by atoms with Crippen LogP contribution in [0.15, 0.2) is 28.8 Å². The largest absolute Gasteiger partial charge is 0.384 e. The minimum absolute atomic E-state index is 0.176. The summed E-state index contributed by atoms with van der Waals surface area (Å²) in [5, 5.41) is 15.1. The van der Waals surface area contributed by atoms with Crippen molar-refractivity contribution in [3.8, 4) is 11.8 Å². The zero-order valence-corrected chi connectivity index (χ0v) is 11.2. The number of carbonyl (C=O) groups excluding carboxylic acids is 1. The predicted molar refractivity (Wildman–Crippen MR) is 74.3 cm³/mol. The summed E-state index contributed by atoms with van der Waals surface area (Å²) >= 11 is 0. The molecule has 0 fully saturated rings. The molecule has 0 aliphatic rings. The van der Waals surface area contributed by atoms with Gasteiger partial charge in [0.2, 0.25) is 0 Å². The Balaban J connectivity index is 2.12. The van der Waals surface area contributed by atoms with Crippen molar-refractivity contribution in [3.05, 3.63) is 46.8 Å². The van der Waals surface area contributed by atoms with Gasteiger partial charge in [-0.1, -0.05) is 17.0 Å². The number of rotatable bonds is 2. The van der Waals surface area contributed by atoms with E-state index in [1.54, 1.807) is 38.1 Å². The fourth-order valence-corrected chi connectivity index (χ4v) is 1.78. The maximum absolute atomic E-state index is 12.1. The van der Waals surface area contributed by atoms with Crippen molar-refractivity contribution < 1.29 is 14.4 Å². The van der Waals surface area contributed by atoms with E-state index in [2.05, 4.69) is 22.3 Å². The second-order valence-electron chi connectivity index (χ2n) is 4.19. The van der Waals surface area contributed by atoms with Crippen LogP contribution in [0.5, 0.6) is 0 Å². The van der Waals surface area contributed by atoms with Gasteiger partial charge in [0.15, 0.2) is 0 Å². The van der Waals surface area contributed by atoms with Crippen LogP contribution in [0.3, 0.4) is 0 Å². The van der Waals surface area contributed by atoms with Crippen molar-refractivity contribution in [2.24, 2.45) is 0 Å². The first-order valence-corrected chi connectivity index (χ1v) is 6.06. The molecule has 0 spiro atoms. The van der Waals surface area contributed by atoms with Crippen LogP contribution in [-0.2, 0) is 0 Å². The molecule has 0 saturated heterocycles. The quantitative estimate of drug-likeness (QED) is 0.817. The standard InChI is InChI=1S/C15H14N2O3/c1-10-14(11(2)20-17-10)15(19)16-13-7-5-12(6-8-13)4-3-9-18/h5-8,18H,9H2,1-2H3,(H,16,19). The van der Waals surface area contributed by atoms with Crippen molar-refractivity contribution >= 4 is 11.6 Å². The number of aryl methyl sites for hydroxylation is 2. The number of benzene rings is 1. The lowest BCUT2D eigenvalue weighted by molar-refractivity contribution is 0.102. The molecule has 0 bridgehead atoms. The second kappa shape index (κ2) is 6.04. The molecule has 2 rings (SSSR count). The number of aliphatic hydroxyl groups is 1. The topological polar surface area (TPSA) is 75.4 Å². The SMILES string of the molecule is Cc1noc(C)c1C(=O)Nc1ccc(C#CCO)cc1. The van der Waals surface area contributed by atoms with E-state index >= 15 is 0 Å². The van der Waals surface area contributed by atoms with Gasteiger partial charge < -0.3 is 14.9 Å². The monoisotopic (exact) mass is 270 g/mol. The Morgan fingerprint density at radius 2 is 2.05 bits per heavy atom. The second-order valence-corrected chi connectivity index (χ2v) is 4.19. The van der Waals surface area contributed by atoms with Crippen molar-refractivity contribution in [3.63, 3.8) is 0 Å². The molecule has 1 amide bonds. The summed E-state index contributed by atoms with van der Waals surface area (Å²) in [5.74, 6) is 5.58. The van der Waals surface area contributed by atoms with Gasteiger partial charge in [-0.15, -0.1) is 0 Å². The van der Waals surface area contributed by atoms with Gasteiger partial charge in [-0.2, -0.15) is 0 Å². The Hall–Kier alpha value is -2.58. The van der Waals surface area contributed by atoms with E-state index in [1.807, 2.05) is 0 Å². The van der Waals surface area contributed by atoms with Gasteiger partial charge in [-0.25, -0.2) is 0 Å². The maximum Gasteiger partial charge on any atom is 0.261 e. The molecule has 102 valence electrons. The molecule has 1 aromatic heterocycles. The Morgan fingerprint density at radius 1 is 1.35 bits per heavy atom. The predicted octanol–water partition coefficient (Wildman–Crippen LogP) is 1.89. The van der Waals surface area contributed by atoms with Crippen LogP contribution in [0.4, 0.5) is 5.69 Å². The van der Waals surface area contributed by atoms with E-state index in [-0.39, 0.29) is 12.5 Å². The van der Waals surface area contributed by atoms with Crippen LogP contribution >= 0.6 is 0 Å². The van der Waals surface area contributed by atoms with Crippen molar-refractivity contribution in [2.75, 3.05) is 11.9 Å². The van der Waals surface area contributed by atoms with Gasteiger partial charge in [0.1, 0.15) is 17.9 Å². The van der Waals surface area contributed by atoms with Gasteiger partial charge in [-0.05, 0) is 38.1 Å². The Kier molecular flexibility index (Phi) is 4.18. The summed E-state index contributed by atoms with van der Waals surface area (Å²) in [6, 6.07) is 7.03. The van der Waals surface area contributed by atoms with Crippen molar-refractivity contribution in [2.45, 2.75) is 13.8 Å². The zero-order valence-electron chi connectivity index (χ0n) is 11.2. The molecule has 2 N–H and O–H groups in total. The molecule has 2 aromatic rings. The molecule has 20 heavy (non-hydrogen) atoms. The molecule has 1 heterocycles. The van der Waals surface area contributed by atoms with Crippen LogP contribution in [-0.4, -0.2) is 22.8 Å². The molecule has 0 saturated carbocycles. The molecule has 0 aliphatic carbocycles. The Bertz CT molecular complexity index is 656. The third-order valence-corrected chi connectivity index (χ3v) is 2.71. The highest BCUT2D eigenvalue weighted by Gasteiger charge is 2.17. The van der Waals surface area contributed by atoms with E-state index < -0.39 is 0 Å². The van der Waals surface area contributed by atoms with Gasteiger partial charge in [0.05, 0.1) is 5.69 Å². The lowest BCUT2D eigenvalue weighted by Gasteiger charge is -2.04. The van der Waals surface area contributed by atoms with E-state index in [1.165, 1.54) is 0 Å². The summed E-state index contributed by atoms with van der Waals surface area (Å²) in [4.78, 5) is 12.1. The molecule has 5 heteroatoms. The molecule has 1 aromatic carbocycles. The van der Waals surface area contributed by atoms with Crippen molar-refractivity contribution in [1.82, 2.24) is 5.16 Å². The normalized spacial score (nSPS) is 9.75. The lowest BCUT2D eigenvalue weighted by Crippen LogP contribution is -2.13. The Labute approximate surface area is 116 Å².